The van der Waals surface area contributed by atoms with E-state index in [9.17, 15) is 9.18 Å². The first-order chi connectivity index (χ1) is 9.86. The summed E-state index contributed by atoms with van der Waals surface area (Å²) in [6.45, 7) is 9.75. The molecule has 1 aromatic heterocycles. The molecule has 21 heavy (non-hydrogen) atoms. The number of carbonyl (C=O) groups is 1. The Balaban J connectivity index is 2.95. The van der Waals surface area contributed by atoms with Crippen LogP contribution >= 0.6 is 11.3 Å². The van der Waals surface area contributed by atoms with E-state index in [-0.39, 0.29) is 5.83 Å². The molecule has 0 spiro atoms. The van der Waals surface area contributed by atoms with Gasteiger partial charge in [-0.3, -0.25) is 4.79 Å². The van der Waals surface area contributed by atoms with Crippen LogP contribution in [0, 0.1) is 20.8 Å². The zero-order valence-corrected chi connectivity index (χ0v) is 14.0. The van der Waals surface area contributed by atoms with Gasteiger partial charge in [-0.05, 0) is 69.0 Å². The predicted molar refractivity (Wildman–Crippen MR) is 90.3 cm³/mol. The van der Waals surface area contributed by atoms with Crippen LogP contribution in [-0.2, 0) is 4.79 Å². The fraction of sp³-hybridized carbons (Fsp3) is 0.278. The van der Waals surface area contributed by atoms with E-state index in [1.54, 1.807) is 37.3 Å². The van der Waals surface area contributed by atoms with Crippen LogP contribution in [0.15, 0.2) is 41.3 Å². The van der Waals surface area contributed by atoms with Crippen molar-refractivity contribution in [1.29, 1.82) is 0 Å². The van der Waals surface area contributed by atoms with Gasteiger partial charge in [-0.2, -0.15) is 0 Å². The molecule has 0 atom stereocenters. The zero-order valence-electron chi connectivity index (χ0n) is 13.2. The number of rotatable bonds is 5. The summed E-state index contributed by atoms with van der Waals surface area (Å²) in [4.78, 5) is 12.8. The molecule has 3 heteroatoms. The van der Waals surface area contributed by atoms with Gasteiger partial charge in [0.05, 0.1) is 0 Å². The molecular weight excluding hydrogens is 283 g/mol. The summed E-state index contributed by atoms with van der Waals surface area (Å²) in [7, 11) is 0. The first kappa shape index (κ1) is 17.3. The molecule has 0 bridgehead atoms. The van der Waals surface area contributed by atoms with Gasteiger partial charge >= 0.3 is 0 Å². The number of halogens is 1. The van der Waals surface area contributed by atoms with Crippen LogP contribution in [0.5, 0.6) is 0 Å². The predicted octanol–water partition coefficient (Wildman–Crippen LogP) is 5.63. The summed E-state index contributed by atoms with van der Waals surface area (Å²) in [5.41, 5.74) is 3.71. The van der Waals surface area contributed by atoms with Crippen LogP contribution in [0.4, 0.5) is 4.39 Å². The smallest absolute Gasteiger partial charge is 0.143 e. The van der Waals surface area contributed by atoms with Gasteiger partial charge in [-0.25, -0.2) is 4.39 Å². The second kappa shape index (κ2) is 7.89. The average molecular weight is 304 g/mol. The maximum absolute atomic E-state index is 13.9. The van der Waals surface area contributed by atoms with E-state index >= 15 is 0 Å². The van der Waals surface area contributed by atoms with Crippen LogP contribution in [0.1, 0.15) is 34.7 Å². The number of allylic oxidation sites excluding steroid dienone is 7. The summed E-state index contributed by atoms with van der Waals surface area (Å²) in [6, 6.07) is 0. The van der Waals surface area contributed by atoms with Gasteiger partial charge in [0.2, 0.25) is 0 Å². The third-order valence-corrected chi connectivity index (χ3v) is 4.46. The monoisotopic (exact) mass is 304 g/mol. The first-order valence-corrected chi connectivity index (χ1v) is 7.59. The molecular formula is C18H21FOS. The molecule has 112 valence electrons. The number of thiophene rings is 1. The Morgan fingerprint density at radius 3 is 2.24 bits per heavy atom. The topological polar surface area (TPSA) is 17.1 Å². The summed E-state index contributed by atoms with van der Waals surface area (Å²) in [5, 5.41) is 0. The molecule has 1 rings (SSSR count). The van der Waals surface area contributed by atoms with E-state index in [0.717, 1.165) is 5.57 Å². The molecule has 0 aliphatic rings. The number of aldehydes is 1. The molecule has 0 unspecified atom stereocenters. The van der Waals surface area contributed by atoms with Crippen LogP contribution < -0.4 is 0 Å². The van der Waals surface area contributed by atoms with Crippen molar-refractivity contribution in [2.24, 2.45) is 0 Å². The molecule has 1 aromatic rings. The summed E-state index contributed by atoms with van der Waals surface area (Å²) >= 11 is 1.76. The largest absolute Gasteiger partial charge is 0.299 e. The minimum atomic E-state index is -0.299. The van der Waals surface area contributed by atoms with Crippen molar-refractivity contribution >= 4 is 23.7 Å². The highest BCUT2D eigenvalue weighted by Gasteiger charge is 2.06. The molecule has 0 aromatic carbocycles. The van der Waals surface area contributed by atoms with Crippen LogP contribution in [-0.4, -0.2) is 6.29 Å². The van der Waals surface area contributed by atoms with Crippen molar-refractivity contribution in [1.82, 2.24) is 0 Å². The fourth-order valence-corrected chi connectivity index (χ4v) is 2.90. The van der Waals surface area contributed by atoms with E-state index < -0.39 is 0 Å². The van der Waals surface area contributed by atoms with E-state index in [4.69, 9.17) is 0 Å². The number of aryl methyl sites for hydroxylation is 2. The number of hydrogen-bond acceptors (Lipinski definition) is 2. The van der Waals surface area contributed by atoms with E-state index in [1.165, 1.54) is 33.0 Å². The molecule has 1 nitrogen and oxygen atoms in total. The van der Waals surface area contributed by atoms with Crippen LogP contribution in [0.2, 0.25) is 0 Å². The second-order valence-corrected chi connectivity index (χ2v) is 6.43. The maximum atomic E-state index is 13.9. The Labute approximate surface area is 130 Å². The lowest BCUT2D eigenvalue weighted by molar-refractivity contribution is -0.104. The highest BCUT2D eigenvalue weighted by atomic mass is 32.1. The second-order valence-electron chi connectivity index (χ2n) is 5.00. The Bertz CT molecular complexity index is 642. The molecule has 0 saturated carbocycles. The van der Waals surface area contributed by atoms with Gasteiger partial charge in [0.1, 0.15) is 12.1 Å². The van der Waals surface area contributed by atoms with E-state index in [2.05, 4.69) is 20.8 Å². The Kier molecular flexibility index (Phi) is 6.50. The van der Waals surface area contributed by atoms with E-state index in [0.29, 0.717) is 11.9 Å². The standard InChI is InChI=1S/C18H21FOS/c1-12(10-11-20)6-9-18(19)13(2)7-8-17-14(3)15(4)21-16(17)5/h6-11H,1-5H3/b8-7+,9-6+,12-10+,18-13-. The zero-order chi connectivity index (χ0) is 16.0. The third-order valence-electron chi connectivity index (χ3n) is 3.32. The van der Waals surface area contributed by atoms with Gasteiger partial charge in [0.15, 0.2) is 0 Å². The van der Waals surface area contributed by atoms with Crippen molar-refractivity contribution in [3.63, 3.8) is 0 Å². The SMILES string of the molecule is CC(/C=C/c1c(C)sc(C)c1C)=C(F)\C=C\C(C)=C\C=O. The average Bonchev–Trinajstić information content (AvgIpc) is 2.67. The molecule has 0 aliphatic heterocycles. The summed E-state index contributed by atoms with van der Waals surface area (Å²) < 4.78 is 13.9. The molecule has 0 amide bonds. The lowest BCUT2D eigenvalue weighted by Gasteiger charge is -1.97. The normalized spacial score (nSPS) is 14.1. The van der Waals surface area contributed by atoms with Gasteiger partial charge in [-0.15, -0.1) is 11.3 Å². The van der Waals surface area contributed by atoms with Crippen molar-refractivity contribution in [2.75, 3.05) is 0 Å². The van der Waals surface area contributed by atoms with Crippen molar-refractivity contribution in [3.05, 3.63) is 62.2 Å². The maximum Gasteiger partial charge on any atom is 0.143 e. The van der Waals surface area contributed by atoms with Crippen molar-refractivity contribution in [3.8, 4) is 0 Å². The highest BCUT2D eigenvalue weighted by Crippen LogP contribution is 2.28. The first-order valence-electron chi connectivity index (χ1n) is 6.78. The van der Waals surface area contributed by atoms with Crippen molar-refractivity contribution in [2.45, 2.75) is 34.6 Å². The fourth-order valence-electron chi connectivity index (χ4n) is 1.84. The lowest BCUT2D eigenvalue weighted by atomic mass is 10.1. The quantitative estimate of drug-likeness (QED) is 0.391. The third kappa shape index (κ3) is 4.94. The van der Waals surface area contributed by atoms with Crippen LogP contribution in [0.3, 0.4) is 0 Å². The van der Waals surface area contributed by atoms with Gasteiger partial charge in [0.25, 0.3) is 0 Å². The molecule has 0 radical (unpaired) electrons. The van der Waals surface area contributed by atoms with E-state index in [1.807, 2.05) is 6.08 Å². The summed E-state index contributed by atoms with van der Waals surface area (Å²) in [5.74, 6) is -0.299. The molecule has 1 heterocycles. The Hall–Kier alpha value is -1.74. The lowest BCUT2D eigenvalue weighted by Crippen LogP contribution is -1.80. The molecule has 0 saturated heterocycles. The Morgan fingerprint density at radius 2 is 1.71 bits per heavy atom. The van der Waals surface area contributed by atoms with Gasteiger partial charge < -0.3 is 0 Å². The minimum absolute atomic E-state index is 0.299. The highest BCUT2D eigenvalue weighted by molar-refractivity contribution is 7.12. The minimum Gasteiger partial charge on any atom is -0.299 e. The number of carbonyl (C=O) groups excluding carboxylic acids is 1. The number of hydrogen-bond donors (Lipinski definition) is 0. The van der Waals surface area contributed by atoms with Gasteiger partial charge in [-0.1, -0.05) is 18.2 Å². The molecule has 0 aliphatic carbocycles. The van der Waals surface area contributed by atoms with Gasteiger partial charge in [0, 0.05) is 9.75 Å². The Morgan fingerprint density at radius 1 is 1.05 bits per heavy atom. The summed E-state index contributed by atoms with van der Waals surface area (Å²) in [6.07, 6.45) is 8.82. The van der Waals surface area contributed by atoms with Crippen LogP contribution in [0.25, 0.3) is 6.08 Å². The molecule has 0 N–H and O–H groups in total. The molecule has 0 fully saturated rings. The van der Waals surface area contributed by atoms with Crippen molar-refractivity contribution < 1.29 is 9.18 Å².